The second-order valence-corrected chi connectivity index (χ2v) is 10.5. The lowest BCUT2D eigenvalue weighted by Gasteiger charge is -2.31. The van der Waals surface area contributed by atoms with Crippen molar-refractivity contribution < 1.29 is 0 Å². The van der Waals surface area contributed by atoms with Crippen LogP contribution in [0.25, 0.3) is 0 Å². The summed E-state index contributed by atoms with van der Waals surface area (Å²) in [5, 5.41) is 3.67. The Hall–Kier alpha value is -0.359. The topological polar surface area (TPSA) is 0 Å². The molecule has 0 amide bonds. The molecule has 0 saturated heterocycles. The standard InChI is InChI=1S/C11H15Si3/c1-11(2,3)14(4,5)9-7-10(13)6-8-12/h1-5H3. The second kappa shape index (κ2) is 4.93. The Kier molecular flexibility index (Phi) is 4.80. The first-order chi connectivity index (χ1) is 6.20. The summed E-state index contributed by atoms with van der Waals surface area (Å²) in [5.74, 6) is 3.07. The normalized spacial score (nSPS) is 10.7. The molecule has 0 aliphatic rings. The molecule has 0 nitrogen and oxygen atoms in total. The zero-order valence-electron chi connectivity index (χ0n) is 9.50. The highest BCUT2D eigenvalue weighted by Gasteiger charge is 2.33. The van der Waals surface area contributed by atoms with Gasteiger partial charge in [0, 0.05) is 5.20 Å². The predicted molar refractivity (Wildman–Crippen MR) is 68.5 cm³/mol. The fourth-order valence-electron chi connectivity index (χ4n) is 0.500. The van der Waals surface area contributed by atoms with Crippen molar-refractivity contribution in [1.82, 2.24) is 0 Å². The van der Waals surface area contributed by atoms with Crippen molar-refractivity contribution in [3.63, 3.8) is 0 Å². The summed E-state index contributed by atoms with van der Waals surface area (Å²) in [5.41, 5.74) is 6.17. The van der Waals surface area contributed by atoms with Crippen LogP contribution in [0.5, 0.6) is 0 Å². The van der Waals surface area contributed by atoms with Crippen molar-refractivity contribution in [2.45, 2.75) is 38.9 Å². The summed E-state index contributed by atoms with van der Waals surface area (Å²) in [6.07, 6.45) is 0. The summed E-state index contributed by atoms with van der Waals surface area (Å²) in [4.78, 5) is 0. The van der Waals surface area contributed by atoms with E-state index in [0.29, 0.717) is 5.04 Å². The van der Waals surface area contributed by atoms with Gasteiger partial charge in [-0.2, -0.15) is 0 Å². The van der Waals surface area contributed by atoms with E-state index in [0.717, 1.165) is 5.20 Å². The maximum Gasteiger partial charge on any atom is 0.138 e. The van der Waals surface area contributed by atoms with E-state index in [4.69, 9.17) is 0 Å². The Morgan fingerprint density at radius 1 is 1.21 bits per heavy atom. The van der Waals surface area contributed by atoms with Crippen LogP contribution < -0.4 is 0 Å². The van der Waals surface area contributed by atoms with E-state index in [1.807, 2.05) is 0 Å². The van der Waals surface area contributed by atoms with Crippen LogP contribution in [0.4, 0.5) is 0 Å². The molecule has 0 rings (SSSR count). The molecule has 0 spiro atoms. The minimum absolute atomic E-state index is 0.299. The highest BCUT2D eigenvalue weighted by atomic mass is 28.3. The number of hydrogen-bond donors (Lipinski definition) is 0. The van der Waals surface area contributed by atoms with Crippen LogP contribution in [0.3, 0.4) is 0 Å². The molecule has 0 aliphatic carbocycles. The summed E-state index contributed by atoms with van der Waals surface area (Å²) in [6, 6.07) is 0. The molecule has 0 aromatic heterocycles. The predicted octanol–water partition coefficient (Wildman–Crippen LogP) is 1.81. The Balaban J connectivity index is 5.02. The van der Waals surface area contributed by atoms with Gasteiger partial charge in [-0.25, -0.2) is 0 Å². The van der Waals surface area contributed by atoms with E-state index >= 15 is 0 Å². The van der Waals surface area contributed by atoms with Crippen LogP contribution >= 0.6 is 0 Å². The van der Waals surface area contributed by atoms with Crippen molar-refractivity contribution in [2.75, 3.05) is 0 Å². The average Bonchev–Trinajstić information content (AvgIpc) is 1.99. The van der Waals surface area contributed by atoms with E-state index in [1.54, 1.807) is 0 Å². The molecule has 0 heterocycles. The highest BCUT2D eigenvalue weighted by molar-refractivity contribution is 6.87. The van der Waals surface area contributed by atoms with Crippen molar-refractivity contribution >= 4 is 33.5 Å². The number of hydrogen-bond acceptors (Lipinski definition) is 0. The summed E-state index contributed by atoms with van der Waals surface area (Å²) >= 11 is 0. The van der Waals surface area contributed by atoms with Crippen LogP contribution in [-0.2, 0) is 0 Å². The first-order valence-electron chi connectivity index (χ1n) is 4.50. The smallest absolute Gasteiger partial charge is 0.126 e. The van der Waals surface area contributed by atoms with Gasteiger partial charge in [-0.1, -0.05) is 45.5 Å². The molecule has 71 valence electrons. The molecule has 0 N–H and O–H groups in total. The maximum atomic E-state index is 3.37. The molecule has 0 fully saturated rings. The van der Waals surface area contributed by atoms with Crippen LogP contribution in [-0.4, -0.2) is 33.5 Å². The highest BCUT2D eigenvalue weighted by Crippen LogP contribution is 2.35. The van der Waals surface area contributed by atoms with Gasteiger partial charge in [-0.15, -0.1) is 10.9 Å². The number of rotatable bonds is 0. The third-order valence-corrected chi connectivity index (χ3v) is 7.44. The lowest BCUT2D eigenvalue weighted by molar-refractivity contribution is 0.731. The first kappa shape index (κ1) is 13.6. The van der Waals surface area contributed by atoms with Crippen LogP contribution in [0.1, 0.15) is 20.8 Å². The SMILES string of the molecule is CC(C)(C)[Si](C)(C)C#CC([Si])=C=C=[Si]. The third-order valence-electron chi connectivity index (χ3n) is 2.56. The molecular weight excluding hydrogens is 216 g/mol. The quantitative estimate of drug-likeness (QED) is 0.339. The molecule has 3 heteroatoms. The minimum atomic E-state index is -1.49. The van der Waals surface area contributed by atoms with E-state index < -0.39 is 8.07 Å². The second-order valence-electron chi connectivity index (χ2n) is 4.75. The van der Waals surface area contributed by atoms with Gasteiger partial charge in [0.1, 0.15) is 17.9 Å². The Morgan fingerprint density at radius 3 is 2.07 bits per heavy atom. The van der Waals surface area contributed by atoms with E-state index in [1.165, 1.54) is 0 Å². The minimum Gasteiger partial charge on any atom is -0.126 e. The summed E-state index contributed by atoms with van der Waals surface area (Å²) in [7, 11) is 4.96. The van der Waals surface area contributed by atoms with Crippen molar-refractivity contribution in [1.29, 1.82) is 0 Å². The molecule has 0 aliphatic heterocycles. The fourth-order valence-corrected chi connectivity index (χ4v) is 1.81. The summed E-state index contributed by atoms with van der Waals surface area (Å²) < 4.78 is 0. The van der Waals surface area contributed by atoms with E-state index in [2.05, 4.69) is 76.5 Å². The lowest BCUT2D eigenvalue weighted by atomic mass is 10.2. The molecule has 0 atom stereocenters. The van der Waals surface area contributed by atoms with Crippen LogP contribution in [0, 0.1) is 11.5 Å². The van der Waals surface area contributed by atoms with E-state index in [-0.39, 0.29) is 0 Å². The van der Waals surface area contributed by atoms with Gasteiger partial charge in [0.15, 0.2) is 0 Å². The zero-order valence-corrected chi connectivity index (χ0v) is 12.5. The first-order valence-corrected chi connectivity index (χ1v) is 8.50. The molecule has 0 aromatic rings. The lowest BCUT2D eigenvalue weighted by Crippen LogP contribution is -2.35. The Morgan fingerprint density at radius 2 is 1.71 bits per heavy atom. The molecule has 0 bridgehead atoms. The van der Waals surface area contributed by atoms with Gasteiger partial charge in [-0.3, -0.25) is 0 Å². The largest absolute Gasteiger partial charge is 0.138 e. The van der Waals surface area contributed by atoms with Gasteiger partial charge in [0.05, 0.1) is 10.2 Å². The Bertz CT molecular complexity index is 348. The molecule has 5 radical (unpaired) electrons. The fraction of sp³-hybridized carbons (Fsp3) is 0.545. The molecule has 0 unspecified atom stereocenters. The molecule has 14 heavy (non-hydrogen) atoms. The van der Waals surface area contributed by atoms with Crippen molar-refractivity contribution in [2.24, 2.45) is 0 Å². The maximum absolute atomic E-state index is 3.37. The van der Waals surface area contributed by atoms with Gasteiger partial charge in [0.25, 0.3) is 0 Å². The van der Waals surface area contributed by atoms with Crippen molar-refractivity contribution in [3.8, 4) is 11.5 Å². The van der Waals surface area contributed by atoms with Gasteiger partial charge < -0.3 is 0 Å². The summed E-state index contributed by atoms with van der Waals surface area (Å²) in [6.45, 7) is 11.3. The Labute approximate surface area is 95.0 Å². The third kappa shape index (κ3) is 4.24. The van der Waals surface area contributed by atoms with Gasteiger partial charge in [0.2, 0.25) is 0 Å². The van der Waals surface area contributed by atoms with Crippen LogP contribution in [0.2, 0.25) is 18.1 Å². The molecule has 0 saturated carbocycles. The zero-order chi connectivity index (χ0) is 11.4. The van der Waals surface area contributed by atoms with Crippen molar-refractivity contribution in [3.05, 3.63) is 10.9 Å². The molecular formula is C11H15Si3. The monoisotopic (exact) mass is 231 g/mol. The number of allylic oxidation sites excluding steroid dienone is 1. The van der Waals surface area contributed by atoms with Gasteiger partial charge in [-0.05, 0) is 5.04 Å². The van der Waals surface area contributed by atoms with E-state index in [9.17, 15) is 0 Å². The molecule has 0 aromatic carbocycles. The van der Waals surface area contributed by atoms with Crippen LogP contribution in [0.15, 0.2) is 10.9 Å². The van der Waals surface area contributed by atoms with Gasteiger partial charge >= 0.3 is 0 Å². The average molecular weight is 231 g/mol.